The fourth-order valence-electron chi connectivity index (χ4n) is 3.18. The van der Waals surface area contributed by atoms with Crippen molar-refractivity contribution in [2.45, 2.75) is 19.5 Å². The summed E-state index contributed by atoms with van der Waals surface area (Å²) in [5, 5.41) is 3.30. The number of benzene rings is 2. The van der Waals surface area contributed by atoms with Crippen molar-refractivity contribution in [2.75, 3.05) is 21.3 Å². The molecule has 2 aromatic carbocycles. The summed E-state index contributed by atoms with van der Waals surface area (Å²) in [6, 6.07) is 13.2. The molecule has 29 heavy (non-hydrogen) atoms. The van der Waals surface area contributed by atoms with E-state index in [1.165, 1.54) is 19.2 Å². The van der Waals surface area contributed by atoms with Crippen LogP contribution < -0.4 is 10.1 Å². The van der Waals surface area contributed by atoms with Crippen LogP contribution in [-0.4, -0.2) is 38.1 Å². The SMILES string of the molecule is COC(=O)C1=C(C)N(C)C(=NCc2ccc(OC)cc2)NC1c1ccc(F)cc1. The van der Waals surface area contributed by atoms with Crippen LogP contribution in [0.25, 0.3) is 0 Å². The molecule has 1 unspecified atom stereocenters. The number of ether oxygens (including phenoxy) is 2. The number of halogens is 1. The van der Waals surface area contributed by atoms with E-state index in [-0.39, 0.29) is 5.82 Å². The molecule has 0 aromatic heterocycles. The molecular formula is C22H24FN3O3. The Morgan fingerprint density at radius 2 is 1.79 bits per heavy atom. The summed E-state index contributed by atoms with van der Waals surface area (Å²) in [5.41, 5.74) is 2.95. The molecule has 0 radical (unpaired) electrons. The van der Waals surface area contributed by atoms with E-state index < -0.39 is 12.0 Å². The molecule has 1 N–H and O–H groups in total. The van der Waals surface area contributed by atoms with Crippen LogP contribution >= 0.6 is 0 Å². The Balaban J connectivity index is 1.94. The molecule has 0 spiro atoms. The number of rotatable bonds is 5. The van der Waals surface area contributed by atoms with Gasteiger partial charge in [-0.1, -0.05) is 24.3 Å². The second-order valence-corrected chi connectivity index (χ2v) is 6.67. The van der Waals surface area contributed by atoms with Crippen molar-refractivity contribution in [1.82, 2.24) is 10.2 Å². The minimum atomic E-state index is -0.492. The summed E-state index contributed by atoms with van der Waals surface area (Å²) in [4.78, 5) is 18.9. The summed E-state index contributed by atoms with van der Waals surface area (Å²) >= 11 is 0. The van der Waals surface area contributed by atoms with Crippen molar-refractivity contribution in [3.8, 4) is 5.75 Å². The Labute approximate surface area is 169 Å². The van der Waals surface area contributed by atoms with E-state index in [4.69, 9.17) is 9.47 Å². The maximum atomic E-state index is 13.4. The van der Waals surface area contributed by atoms with Gasteiger partial charge in [0.25, 0.3) is 0 Å². The van der Waals surface area contributed by atoms with Gasteiger partial charge in [-0.3, -0.25) is 0 Å². The smallest absolute Gasteiger partial charge is 0.337 e. The van der Waals surface area contributed by atoms with Crippen LogP contribution in [0, 0.1) is 5.82 Å². The van der Waals surface area contributed by atoms with Gasteiger partial charge in [0.1, 0.15) is 11.6 Å². The minimum Gasteiger partial charge on any atom is -0.497 e. The molecule has 1 aliphatic rings. The van der Waals surface area contributed by atoms with E-state index in [2.05, 4.69) is 10.3 Å². The maximum Gasteiger partial charge on any atom is 0.337 e. The molecule has 1 aliphatic heterocycles. The van der Waals surface area contributed by atoms with Crippen molar-refractivity contribution < 1.29 is 18.7 Å². The van der Waals surface area contributed by atoms with Gasteiger partial charge in [-0.2, -0.15) is 0 Å². The van der Waals surface area contributed by atoms with Gasteiger partial charge in [0.2, 0.25) is 0 Å². The highest BCUT2D eigenvalue weighted by Crippen LogP contribution is 2.30. The average Bonchev–Trinajstić information content (AvgIpc) is 2.75. The molecule has 1 atom stereocenters. The quantitative estimate of drug-likeness (QED) is 0.784. The Morgan fingerprint density at radius 3 is 2.38 bits per heavy atom. The van der Waals surface area contributed by atoms with Gasteiger partial charge in [-0.25, -0.2) is 14.2 Å². The monoisotopic (exact) mass is 397 g/mol. The number of methoxy groups -OCH3 is 2. The maximum absolute atomic E-state index is 13.4. The molecule has 6 nitrogen and oxygen atoms in total. The lowest BCUT2D eigenvalue weighted by Crippen LogP contribution is -2.47. The van der Waals surface area contributed by atoms with Crippen LogP contribution in [0.15, 0.2) is 64.8 Å². The predicted octanol–water partition coefficient (Wildman–Crippen LogP) is 3.41. The highest BCUT2D eigenvalue weighted by molar-refractivity contribution is 5.96. The highest BCUT2D eigenvalue weighted by Gasteiger charge is 2.33. The third-order valence-electron chi connectivity index (χ3n) is 4.95. The number of guanidine groups is 1. The summed E-state index contributed by atoms with van der Waals surface area (Å²) in [6.07, 6.45) is 0. The van der Waals surface area contributed by atoms with Gasteiger partial charge < -0.3 is 19.7 Å². The number of nitrogens with one attached hydrogen (secondary N) is 1. The van der Waals surface area contributed by atoms with Crippen LogP contribution in [0.2, 0.25) is 0 Å². The Morgan fingerprint density at radius 1 is 1.14 bits per heavy atom. The molecule has 0 saturated heterocycles. The van der Waals surface area contributed by atoms with Crippen molar-refractivity contribution in [2.24, 2.45) is 4.99 Å². The molecule has 152 valence electrons. The first kappa shape index (κ1) is 20.4. The lowest BCUT2D eigenvalue weighted by Gasteiger charge is -2.35. The molecular weight excluding hydrogens is 373 g/mol. The highest BCUT2D eigenvalue weighted by atomic mass is 19.1. The van der Waals surface area contributed by atoms with Crippen molar-refractivity contribution in [1.29, 1.82) is 0 Å². The predicted molar refractivity (Wildman–Crippen MR) is 109 cm³/mol. The first-order valence-electron chi connectivity index (χ1n) is 9.16. The second-order valence-electron chi connectivity index (χ2n) is 6.67. The molecule has 2 aromatic rings. The Hall–Kier alpha value is -3.35. The summed E-state index contributed by atoms with van der Waals surface area (Å²) in [7, 11) is 4.80. The van der Waals surface area contributed by atoms with E-state index in [0.717, 1.165) is 22.6 Å². The number of allylic oxidation sites excluding steroid dienone is 1. The zero-order valence-corrected chi connectivity index (χ0v) is 16.9. The molecule has 0 bridgehead atoms. The van der Waals surface area contributed by atoms with Crippen LogP contribution in [0.3, 0.4) is 0 Å². The fourth-order valence-corrected chi connectivity index (χ4v) is 3.18. The largest absolute Gasteiger partial charge is 0.497 e. The van der Waals surface area contributed by atoms with Gasteiger partial charge in [0.05, 0.1) is 32.4 Å². The van der Waals surface area contributed by atoms with Crippen molar-refractivity contribution in [3.63, 3.8) is 0 Å². The Bertz CT molecular complexity index is 937. The second kappa shape index (κ2) is 8.77. The van der Waals surface area contributed by atoms with Gasteiger partial charge in [-0.15, -0.1) is 0 Å². The van der Waals surface area contributed by atoms with Crippen LogP contribution in [0.1, 0.15) is 24.1 Å². The molecule has 0 amide bonds. The van der Waals surface area contributed by atoms with Gasteiger partial charge >= 0.3 is 5.97 Å². The zero-order chi connectivity index (χ0) is 21.0. The van der Waals surface area contributed by atoms with E-state index in [0.29, 0.717) is 18.1 Å². The topological polar surface area (TPSA) is 63.2 Å². The molecule has 1 heterocycles. The van der Waals surface area contributed by atoms with Gasteiger partial charge in [0.15, 0.2) is 5.96 Å². The average molecular weight is 397 g/mol. The first-order chi connectivity index (χ1) is 13.9. The molecule has 0 fully saturated rings. The van der Waals surface area contributed by atoms with E-state index in [1.807, 2.05) is 43.1 Å². The number of nitrogens with zero attached hydrogens (tertiary/aromatic N) is 2. The van der Waals surface area contributed by atoms with E-state index in [9.17, 15) is 9.18 Å². The fraction of sp³-hybridized carbons (Fsp3) is 0.273. The number of carbonyl (C=O) groups excluding carboxylic acids is 1. The van der Waals surface area contributed by atoms with Crippen LogP contribution in [-0.2, 0) is 16.1 Å². The molecule has 0 aliphatic carbocycles. The number of hydrogen-bond donors (Lipinski definition) is 1. The van der Waals surface area contributed by atoms with Crippen molar-refractivity contribution >= 4 is 11.9 Å². The standard InChI is InChI=1S/C22H24FN3O3/c1-14-19(21(27)29-4)20(16-7-9-17(23)10-8-16)25-22(26(14)2)24-13-15-5-11-18(28-3)12-6-15/h5-12,20H,13H2,1-4H3,(H,24,25). The number of carbonyl (C=O) groups is 1. The summed E-state index contributed by atoms with van der Waals surface area (Å²) in [5.74, 6) is 0.619. The summed E-state index contributed by atoms with van der Waals surface area (Å²) in [6.45, 7) is 2.29. The van der Waals surface area contributed by atoms with Gasteiger partial charge in [-0.05, 0) is 42.3 Å². The molecule has 0 saturated carbocycles. The number of aliphatic imine (C=N–C) groups is 1. The third-order valence-corrected chi connectivity index (χ3v) is 4.95. The summed E-state index contributed by atoms with van der Waals surface area (Å²) < 4.78 is 23.5. The third kappa shape index (κ3) is 4.39. The Kier molecular flexibility index (Phi) is 6.16. The van der Waals surface area contributed by atoms with Gasteiger partial charge in [0, 0.05) is 12.7 Å². The molecule has 7 heteroatoms. The van der Waals surface area contributed by atoms with Crippen LogP contribution in [0.5, 0.6) is 5.75 Å². The number of hydrogen-bond acceptors (Lipinski definition) is 4. The minimum absolute atomic E-state index is 0.338. The lowest BCUT2D eigenvalue weighted by atomic mass is 9.95. The number of esters is 1. The van der Waals surface area contributed by atoms with E-state index in [1.54, 1.807) is 19.2 Å². The normalized spacial score (nSPS) is 17.9. The van der Waals surface area contributed by atoms with Crippen molar-refractivity contribution in [3.05, 3.63) is 76.7 Å². The van der Waals surface area contributed by atoms with E-state index >= 15 is 0 Å². The first-order valence-corrected chi connectivity index (χ1v) is 9.16. The lowest BCUT2D eigenvalue weighted by molar-refractivity contribution is -0.136. The zero-order valence-electron chi connectivity index (χ0n) is 16.9. The molecule has 3 rings (SSSR count). The van der Waals surface area contributed by atoms with Crippen LogP contribution in [0.4, 0.5) is 4.39 Å².